The average molecular weight is 266 g/mol. The first-order chi connectivity index (χ1) is 9.03. The van der Waals surface area contributed by atoms with Gasteiger partial charge in [0.2, 0.25) is 0 Å². The lowest BCUT2D eigenvalue weighted by Crippen LogP contribution is -2.50. The number of ether oxygens (including phenoxy) is 1. The van der Waals surface area contributed by atoms with E-state index in [-0.39, 0.29) is 12.6 Å². The van der Waals surface area contributed by atoms with E-state index in [0.717, 1.165) is 5.75 Å². The van der Waals surface area contributed by atoms with Gasteiger partial charge in [-0.05, 0) is 44.5 Å². The highest BCUT2D eigenvalue weighted by atomic mass is 16.5. The Morgan fingerprint density at radius 2 is 1.95 bits per heavy atom. The summed E-state index contributed by atoms with van der Waals surface area (Å²) in [6.45, 7) is 6.14. The summed E-state index contributed by atoms with van der Waals surface area (Å²) in [7, 11) is 0. The number of hydrogen-bond donors (Lipinski definition) is 3. The third-order valence-corrected chi connectivity index (χ3v) is 2.97. The molecule has 5 heteroatoms. The van der Waals surface area contributed by atoms with Crippen molar-refractivity contribution in [3.8, 4) is 5.75 Å². The molecule has 0 fully saturated rings. The second-order valence-electron chi connectivity index (χ2n) is 4.61. The van der Waals surface area contributed by atoms with Crippen LogP contribution in [0.1, 0.15) is 27.2 Å². The molecule has 19 heavy (non-hydrogen) atoms. The highest BCUT2D eigenvalue weighted by molar-refractivity contribution is 5.89. The molecule has 0 aliphatic heterocycles. The van der Waals surface area contributed by atoms with Crippen LogP contribution in [0.4, 0.5) is 10.5 Å². The van der Waals surface area contributed by atoms with Gasteiger partial charge in [-0.15, -0.1) is 0 Å². The quantitative estimate of drug-likeness (QED) is 0.740. The summed E-state index contributed by atoms with van der Waals surface area (Å²) >= 11 is 0. The molecule has 0 saturated carbocycles. The minimum atomic E-state index is -0.602. The van der Waals surface area contributed by atoms with E-state index in [1.807, 2.05) is 13.8 Å². The normalized spacial score (nSPS) is 13.5. The van der Waals surface area contributed by atoms with Crippen LogP contribution in [0, 0.1) is 0 Å². The summed E-state index contributed by atoms with van der Waals surface area (Å²) in [6, 6.07) is 6.80. The SMILES string of the molecule is CCOc1ccc(NC(=O)NC(C)(CC)CO)cc1. The van der Waals surface area contributed by atoms with Crippen LogP contribution in [0.5, 0.6) is 5.75 Å². The zero-order chi connectivity index (χ0) is 14.3. The molecule has 0 bridgehead atoms. The molecule has 0 aromatic heterocycles. The van der Waals surface area contributed by atoms with E-state index in [1.165, 1.54) is 0 Å². The predicted octanol–water partition coefficient (Wildman–Crippen LogP) is 2.37. The van der Waals surface area contributed by atoms with Crippen molar-refractivity contribution in [3.63, 3.8) is 0 Å². The Hall–Kier alpha value is -1.75. The summed E-state index contributed by atoms with van der Waals surface area (Å²) in [5, 5.41) is 14.7. The van der Waals surface area contributed by atoms with E-state index in [9.17, 15) is 9.90 Å². The largest absolute Gasteiger partial charge is 0.494 e. The second kappa shape index (κ2) is 6.99. The van der Waals surface area contributed by atoms with E-state index in [0.29, 0.717) is 18.7 Å². The average Bonchev–Trinajstić information content (AvgIpc) is 2.41. The Bertz CT molecular complexity index is 400. The van der Waals surface area contributed by atoms with Gasteiger partial charge in [-0.3, -0.25) is 0 Å². The molecular formula is C14H22N2O3. The lowest BCUT2D eigenvalue weighted by atomic mass is 10.0. The molecule has 0 aliphatic rings. The van der Waals surface area contributed by atoms with Gasteiger partial charge in [0.05, 0.1) is 18.8 Å². The van der Waals surface area contributed by atoms with Crippen molar-refractivity contribution in [2.24, 2.45) is 0 Å². The van der Waals surface area contributed by atoms with Crippen molar-refractivity contribution in [3.05, 3.63) is 24.3 Å². The summed E-state index contributed by atoms with van der Waals surface area (Å²) in [5.41, 5.74) is 0.0763. The molecule has 0 aliphatic carbocycles. The van der Waals surface area contributed by atoms with Crippen LogP contribution in [-0.2, 0) is 0 Å². The fraction of sp³-hybridized carbons (Fsp3) is 0.500. The van der Waals surface area contributed by atoms with Gasteiger partial charge in [-0.25, -0.2) is 4.79 Å². The van der Waals surface area contributed by atoms with Gasteiger partial charge < -0.3 is 20.5 Å². The molecule has 0 radical (unpaired) electrons. The van der Waals surface area contributed by atoms with Gasteiger partial charge in [0.15, 0.2) is 0 Å². The molecular weight excluding hydrogens is 244 g/mol. The molecule has 1 unspecified atom stereocenters. The molecule has 0 heterocycles. The standard InChI is InChI=1S/C14H22N2O3/c1-4-14(3,10-17)16-13(18)15-11-6-8-12(9-7-11)19-5-2/h6-9,17H,4-5,10H2,1-3H3,(H2,15,16,18). The lowest BCUT2D eigenvalue weighted by molar-refractivity contribution is 0.172. The van der Waals surface area contributed by atoms with Crippen LogP contribution < -0.4 is 15.4 Å². The van der Waals surface area contributed by atoms with Gasteiger partial charge >= 0.3 is 6.03 Å². The molecule has 5 nitrogen and oxygen atoms in total. The first kappa shape index (κ1) is 15.3. The fourth-order valence-corrected chi connectivity index (χ4v) is 1.48. The van der Waals surface area contributed by atoms with Crippen LogP contribution in [0.15, 0.2) is 24.3 Å². The third kappa shape index (κ3) is 4.79. The molecule has 2 amide bonds. The van der Waals surface area contributed by atoms with E-state index >= 15 is 0 Å². The zero-order valence-electron chi connectivity index (χ0n) is 11.7. The number of aliphatic hydroxyl groups is 1. The van der Waals surface area contributed by atoms with Crippen LogP contribution in [0.3, 0.4) is 0 Å². The van der Waals surface area contributed by atoms with Gasteiger partial charge in [-0.2, -0.15) is 0 Å². The van der Waals surface area contributed by atoms with Gasteiger partial charge in [0.25, 0.3) is 0 Å². The van der Waals surface area contributed by atoms with E-state index in [2.05, 4.69) is 10.6 Å². The van der Waals surface area contributed by atoms with Gasteiger partial charge in [0.1, 0.15) is 5.75 Å². The molecule has 1 aromatic carbocycles. The van der Waals surface area contributed by atoms with Crippen molar-refractivity contribution < 1.29 is 14.6 Å². The van der Waals surface area contributed by atoms with Crippen molar-refractivity contribution in [1.29, 1.82) is 0 Å². The summed E-state index contributed by atoms with van der Waals surface area (Å²) in [4.78, 5) is 11.8. The maximum Gasteiger partial charge on any atom is 0.319 e. The number of carbonyl (C=O) groups excluding carboxylic acids is 1. The number of nitrogens with one attached hydrogen (secondary N) is 2. The Morgan fingerprint density at radius 1 is 1.32 bits per heavy atom. The first-order valence-electron chi connectivity index (χ1n) is 6.46. The van der Waals surface area contributed by atoms with Crippen molar-refractivity contribution >= 4 is 11.7 Å². The molecule has 0 spiro atoms. The van der Waals surface area contributed by atoms with Crippen molar-refractivity contribution in [2.75, 3.05) is 18.5 Å². The summed E-state index contributed by atoms with van der Waals surface area (Å²) in [5.74, 6) is 0.766. The molecule has 3 N–H and O–H groups in total. The van der Waals surface area contributed by atoms with E-state index < -0.39 is 5.54 Å². The smallest absolute Gasteiger partial charge is 0.319 e. The minimum Gasteiger partial charge on any atom is -0.494 e. The minimum absolute atomic E-state index is 0.0970. The zero-order valence-corrected chi connectivity index (χ0v) is 11.7. The molecule has 0 saturated heterocycles. The molecule has 1 atom stereocenters. The van der Waals surface area contributed by atoms with Crippen molar-refractivity contribution in [2.45, 2.75) is 32.7 Å². The monoisotopic (exact) mass is 266 g/mol. The number of rotatable bonds is 6. The molecule has 1 aromatic rings. The van der Waals surface area contributed by atoms with Crippen LogP contribution in [0.25, 0.3) is 0 Å². The number of aliphatic hydroxyl groups excluding tert-OH is 1. The van der Waals surface area contributed by atoms with Crippen LogP contribution in [-0.4, -0.2) is 29.9 Å². The number of anilines is 1. The number of carbonyl (C=O) groups is 1. The summed E-state index contributed by atoms with van der Waals surface area (Å²) in [6.07, 6.45) is 0.653. The molecule has 106 valence electrons. The number of urea groups is 1. The first-order valence-corrected chi connectivity index (χ1v) is 6.46. The maximum absolute atomic E-state index is 11.8. The Kier molecular flexibility index (Phi) is 5.63. The van der Waals surface area contributed by atoms with Crippen LogP contribution >= 0.6 is 0 Å². The second-order valence-corrected chi connectivity index (χ2v) is 4.61. The lowest BCUT2D eigenvalue weighted by Gasteiger charge is -2.27. The van der Waals surface area contributed by atoms with Crippen LogP contribution in [0.2, 0.25) is 0 Å². The molecule has 1 rings (SSSR count). The van der Waals surface area contributed by atoms with Crippen molar-refractivity contribution in [1.82, 2.24) is 5.32 Å². The van der Waals surface area contributed by atoms with Gasteiger partial charge in [-0.1, -0.05) is 6.92 Å². The topological polar surface area (TPSA) is 70.6 Å². The Balaban J connectivity index is 2.57. The maximum atomic E-state index is 11.8. The van der Waals surface area contributed by atoms with Gasteiger partial charge in [0, 0.05) is 5.69 Å². The fourth-order valence-electron chi connectivity index (χ4n) is 1.48. The highest BCUT2D eigenvalue weighted by Gasteiger charge is 2.22. The number of benzene rings is 1. The van der Waals surface area contributed by atoms with E-state index in [1.54, 1.807) is 31.2 Å². The highest BCUT2D eigenvalue weighted by Crippen LogP contribution is 2.16. The third-order valence-electron chi connectivity index (χ3n) is 2.97. The summed E-state index contributed by atoms with van der Waals surface area (Å²) < 4.78 is 5.32. The Morgan fingerprint density at radius 3 is 2.42 bits per heavy atom. The predicted molar refractivity (Wildman–Crippen MR) is 75.5 cm³/mol. The number of amides is 2. The Labute approximate surface area is 114 Å². The number of hydrogen-bond acceptors (Lipinski definition) is 3. The van der Waals surface area contributed by atoms with E-state index in [4.69, 9.17) is 4.74 Å².